The molecule has 7 heteroatoms. The van der Waals surface area contributed by atoms with Crippen molar-refractivity contribution in [2.24, 2.45) is 5.92 Å². The minimum Gasteiger partial charge on any atom is -0.457 e. The van der Waals surface area contributed by atoms with Gasteiger partial charge in [-0.05, 0) is 55.2 Å². The molecule has 0 spiro atoms. The van der Waals surface area contributed by atoms with Crippen molar-refractivity contribution in [1.29, 1.82) is 0 Å². The van der Waals surface area contributed by atoms with Crippen molar-refractivity contribution in [3.63, 3.8) is 0 Å². The van der Waals surface area contributed by atoms with Gasteiger partial charge >= 0.3 is 11.6 Å². The summed E-state index contributed by atoms with van der Waals surface area (Å²) < 4.78 is 16.7. The van der Waals surface area contributed by atoms with Crippen molar-refractivity contribution < 1.29 is 18.4 Å². The number of hydrogen-bond acceptors (Lipinski definition) is 7. The van der Waals surface area contributed by atoms with Crippen molar-refractivity contribution in [3.8, 4) is 11.5 Å². The van der Waals surface area contributed by atoms with Gasteiger partial charge in [-0.1, -0.05) is 45.8 Å². The molecule has 2 aromatic heterocycles. The van der Waals surface area contributed by atoms with Gasteiger partial charge in [-0.25, -0.2) is 14.6 Å². The van der Waals surface area contributed by atoms with Gasteiger partial charge in [0.15, 0.2) is 5.58 Å². The van der Waals surface area contributed by atoms with Gasteiger partial charge in [0.1, 0.15) is 23.3 Å². The van der Waals surface area contributed by atoms with E-state index in [-0.39, 0.29) is 18.1 Å². The van der Waals surface area contributed by atoms with Crippen molar-refractivity contribution in [2.45, 2.75) is 53.1 Å². The molecule has 0 aliphatic heterocycles. The molecule has 0 saturated heterocycles. The molecular weight excluding hydrogens is 456 g/mol. The molecule has 0 radical (unpaired) electrons. The van der Waals surface area contributed by atoms with Crippen LogP contribution in [0.1, 0.15) is 52.0 Å². The predicted molar refractivity (Wildman–Crippen MR) is 142 cm³/mol. The number of oxazole rings is 1. The van der Waals surface area contributed by atoms with Crippen molar-refractivity contribution >= 4 is 33.7 Å². The van der Waals surface area contributed by atoms with Crippen LogP contribution in [0.25, 0.3) is 33.5 Å². The largest absolute Gasteiger partial charge is 0.457 e. The molecule has 188 valence electrons. The van der Waals surface area contributed by atoms with Crippen LogP contribution in [0.2, 0.25) is 0 Å². The molecular formula is C29H32N2O5. The smallest absolute Gasteiger partial charge is 0.349 e. The van der Waals surface area contributed by atoms with Gasteiger partial charge in [-0.3, -0.25) is 0 Å². The van der Waals surface area contributed by atoms with Gasteiger partial charge in [-0.2, -0.15) is 0 Å². The first-order chi connectivity index (χ1) is 17.4. The van der Waals surface area contributed by atoms with E-state index in [1.165, 1.54) is 19.3 Å². The summed E-state index contributed by atoms with van der Waals surface area (Å²) in [5.74, 6) is 0.346. The molecule has 0 aliphatic rings. The predicted octanol–water partition coefficient (Wildman–Crippen LogP) is 6.85. The number of benzene rings is 2. The number of carbonyl (C=O) groups is 1. The van der Waals surface area contributed by atoms with Gasteiger partial charge in [0.2, 0.25) is 5.89 Å². The lowest BCUT2D eigenvalue weighted by molar-refractivity contribution is -0.140. The lowest BCUT2D eigenvalue weighted by Crippen LogP contribution is -2.13. The maximum Gasteiger partial charge on any atom is 0.349 e. The second-order valence-corrected chi connectivity index (χ2v) is 9.18. The number of nitrogens with one attached hydrogen (secondary N) is 1. The summed E-state index contributed by atoms with van der Waals surface area (Å²) in [6.45, 7) is 10.6. The van der Waals surface area contributed by atoms with E-state index in [1.807, 2.05) is 18.2 Å². The number of unbranched alkanes of at least 4 members (excludes halogenated alkanes) is 1. The van der Waals surface area contributed by atoms with E-state index < -0.39 is 11.6 Å². The highest BCUT2D eigenvalue weighted by molar-refractivity contribution is 5.87. The van der Waals surface area contributed by atoms with E-state index in [0.29, 0.717) is 28.2 Å². The van der Waals surface area contributed by atoms with Crippen LogP contribution >= 0.6 is 0 Å². The minimum absolute atomic E-state index is 0.0932. The van der Waals surface area contributed by atoms with Crippen LogP contribution in [-0.4, -0.2) is 17.5 Å². The Balaban J connectivity index is 1.54. The molecule has 36 heavy (non-hydrogen) atoms. The number of ether oxygens (including phenoxy) is 1. The zero-order valence-electron chi connectivity index (χ0n) is 21.1. The normalized spacial score (nSPS) is 12.1. The number of anilines is 1. The molecule has 1 atom stereocenters. The Labute approximate surface area is 210 Å². The molecule has 2 aromatic carbocycles. The highest BCUT2D eigenvalue weighted by atomic mass is 16.5. The van der Waals surface area contributed by atoms with E-state index in [9.17, 15) is 9.59 Å². The lowest BCUT2D eigenvalue weighted by atomic mass is 9.99. The molecule has 4 rings (SSSR count). The second kappa shape index (κ2) is 11.2. The van der Waals surface area contributed by atoms with E-state index in [0.717, 1.165) is 29.6 Å². The Kier molecular flexibility index (Phi) is 7.88. The van der Waals surface area contributed by atoms with Gasteiger partial charge in [0.25, 0.3) is 0 Å². The number of hydrogen-bond donors (Lipinski definition) is 1. The summed E-state index contributed by atoms with van der Waals surface area (Å²) in [5, 5.41) is 4.26. The SMILES string of the molecule is C=C(C)C(=O)OCc1ccc2oc(-c3cc4ccc(NCC(CC)CCCC)cc4oc3=O)nc2c1. The monoisotopic (exact) mass is 488 g/mol. The van der Waals surface area contributed by atoms with Crippen molar-refractivity contribution in [3.05, 3.63) is 70.6 Å². The Morgan fingerprint density at radius 2 is 1.94 bits per heavy atom. The fourth-order valence-corrected chi connectivity index (χ4v) is 4.03. The minimum atomic E-state index is -0.517. The zero-order valence-corrected chi connectivity index (χ0v) is 21.1. The van der Waals surface area contributed by atoms with Gasteiger partial charge in [-0.15, -0.1) is 0 Å². The molecule has 4 aromatic rings. The van der Waals surface area contributed by atoms with Crippen LogP contribution in [0.5, 0.6) is 0 Å². The molecule has 7 nitrogen and oxygen atoms in total. The number of rotatable bonds is 11. The molecule has 0 fully saturated rings. The molecule has 1 N–H and O–H groups in total. The summed E-state index contributed by atoms with van der Waals surface area (Å²) in [7, 11) is 0. The molecule has 0 aliphatic carbocycles. The number of fused-ring (bicyclic) bond motifs is 2. The van der Waals surface area contributed by atoms with Gasteiger partial charge in [0, 0.05) is 29.3 Å². The topological polar surface area (TPSA) is 94.6 Å². The first-order valence-electron chi connectivity index (χ1n) is 12.4. The van der Waals surface area contributed by atoms with E-state index in [1.54, 1.807) is 31.2 Å². The van der Waals surface area contributed by atoms with Crippen LogP contribution in [0.4, 0.5) is 5.69 Å². The summed E-state index contributed by atoms with van der Waals surface area (Å²) >= 11 is 0. The Bertz CT molecular complexity index is 1450. The second-order valence-electron chi connectivity index (χ2n) is 9.18. The van der Waals surface area contributed by atoms with Crippen LogP contribution < -0.4 is 10.9 Å². The van der Waals surface area contributed by atoms with Crippen LogP contribution in [0.15, 0.2) is 68.2 Å². The maximum absolute atomic E-state index is 12.8. The third-order valence-electron chi connectivity index (χ3n) is 6.27. The first-order valence-corrected chi connectivity index (χ1v) is 12.4. The average molecular weight is 489 g/mol. The lowest BCUT2D eigenvalue weighted by Gasteiger charge is -2.16. The number of aromatic nitrogens is 1. The third-order valence-corrected chi connectivity index (χ3v) is 6.27. The Morgan fingerprint density at radius 3 is 2.69 bits per heavy atom. The standard InChI is InChI=1S/C29H32N2O5/c1-5-7-8-19(6-2)16-30-22-11-10-21-14-23(29(33)36-26(21)15-22)27-31-24-13-20(9-12-25(24)35-27)17-34-28(32)18(3)4/h9-15,19,30H,3,5-8,16-17H2,1-2,4H3. The number of carbonyl (C=O) groups excluding carboxylic acids is 1. The zero-order chi connectivity index (χ0) is 25.7. The fourth-order valence-electron chi connectivity index (χ4n) is 4.03. The van der Waals surface area contributed by atoms with Crippen molar-refractivity contribution in [2.75, 3.05) is 11.9 Å². The molecule has 2 heterocycles. The van der Waals surface area contributed by atoms with Crippen molar-refractivity contribution in [1.82, 2.24) is 4.98 Å². The number of nitrogens with zero attached hydrogens (tertiary/aromatic N) is 1. The van der Waals surface area contributed by atoms with E-state index in [4.69, 9.17) is 13.6 Å². The summed E-state index contributed by atoms with van der Waals surface area (Å²) in [5.41, 5.74) is 3.33. The molecule has 0 bridgehead atoms. The highest BCUT2D eigenvalue weighted by Crippen LogP contribution is 2.27. The molecule has 0 amide bonds. The maximum atomic E-state index is 12.8. The fraction of sp³-hybridized carbons (Fsp3) is 0.345. The molecule has 0 saturated carbocycles. The van der Waals surface area contributed by atoms with E-state index in [2.05, 4.69) is 30.7 Å². The van der Waals surface area contributed by atoms with Crippen LogP contribution in [-0.2, 0) is 16.1 Å². The Morgan fingerprint density at radius 1 is 1.11 bits per heavy atom. The number of esters is 1. The summed E-state index contributed by atoms with van der Waals surface area (Å²) in [6.07, 6.45) is 4.77. The van der Waals surface area contributed by atoms with Crippen LogP contribution in [0.3, 0.4) is 0 Å². The average Bonchev–Trinajstić information content (AvgIpc) is 3.30. The molecule has 1 unspecified atom stereocenters. The van der Waals surface area contributed by atoms with Crippen LogP contribution in [0, 0.1) is 5.92 Å². The van der Waals surface area contributed by atoms with E-state index >= 15 is 0 Å². The van der Waals surface area contributed by atoms with Gasteiger partial charge < -0.3 is 18.9 Å². The summed E-state index contributed by atoms with van der Waals surface area (Å²) in [4.78, 5) is 28.9. The Hall–Kier alpha value is -3.87. The summed E-state index contributed by atoms with van der Waals surface area (Å²) in [6, 6.07) is 12.8. The quantitative estimate of drug-likeness (QED) is 0.140. The first kappa shape index (κ1) is 25.2. The highest BCUT2D eigenvalue weighted by Gasteiger charge is 2.16. The van der Waals surface area contributed by atoms with Gasteiger partial charge in [0.05, 0.1) is 0 Å². The third kappa shape index (κ3) is 5.85.